The second-order valence-corrected chi connectivity index (χ2v) is 0.921. The molecule has 4 heteroatoms. The largest absolute Gasteiger partial charge is 0.414 e. The van der Waals surface area contributed by atoms with E-state index in [2.05, 4.69) is 4.94 Å². The summed E-state index contributed by atoms with van der Waals surface area (Å²) in [6.07, 6.45) is 0. The Balaban J connectivity index is 3.58. The number of ketones is 1. The van der Waals surface area contributed by atoms with E-state index < -0.39 is 11.8 Å². The number of halogens is 1. The summed E-state index contributed by atoms with van der Waals surface area (Å²) in [5.41, 5.74) is 0. The van der Waals surface area contributed by atoms with Gasteiger partial charge in [-0.15, -0.1) is 0 Å². The van der Waals surface area contributed by atoms with Crippen LogP contribution in [-0.4, -0.2) is 11.8 Å². The molecule has 0 aliphatic rings. The molecule has 0 aliphatic carbocycles. The van der Waals surface area contributed by atoms with Crippen LogP contribution in [0.4, 0.5) is 4.53 Å². The quantitative estimate of drug-likeness (QED) is 0.442. The molecule has 0 bridgehead atoms. The molecule has 40 valence electrons. The molecule has 0 aromatic carbocycles. The van der Waals surface area contributed by atoms with Crippen LogP contribution in [0.5, 0.6) is 0 Å². The van der Waals surface area contributed by atoms with E-state index in [0.29, 0.717) is 0 Å². The highest BCUT2D eigenvalue weighted by Crippen LogP contribution is 1.77. The molecule has 7 heavy (non-hydrogen) atoms. The molecule has 0 spiro atoms. The van der Waals surface area contributed by atoms with Gasteiger partial charge in [0.2, 0.25) is 5.78 Å². The minimum Gasteiger partial charge on any atom is -0.287 e. The number of carbonyl (C=O) groups is 2. The topological polar surface area (TPSA) is 43.4 Å². The van der Waals surface area contributed by atoms with E-state index >= 15 is 0 Å². The summed E-state index contributed by atoms with van der Waals surface area (Å²) in [4.78, 5) is 21.7. The van der Waals surface area contributed by atoms with Crippen molar-refractivity contribution in [3.8, 4) is 0 Å². The summed E-state index contributed by atoms with van der Waals surface area (Å²) in [6.45, 7) is 0.919. The van der Waals surface area contributed by atoms with E-state index in [9.17, 15) is 14.1 Å². The van der Waals surface area contributed by atoms with Crippen molar-refractivity contribution in [1.82, 2.24) is 0 Å². The zero-order valence-electron chi connectivity index (χ0n) is 3.60. The molecule has 0 N–H and O–H groups in total. The summed E-state index contributed by atoms with van der Waals surface area (Å²) >= 11 is 0. The Hall–Kier alpha value is -0.930. The number of carbonyl (C=O) groups excluding carboxylic acids is 2. The Kier molecular flexibility index (Phi) is 1.98. The van der Waals surface area contributed by atoms with E-state index in [1.807, 2.05) is 0 Å². The van der Waals surface area contributed by atoms with Crippen LogP contribution in [0, 0.1) is 0 Å². The number of Topliss-reactive ketones (excluding diaryl/α,β-unsaturated/α-hetero) is 1. The molecule has 0 heterocycles. The monoisotopic (exact) mass is 106 g/mol. The van der Waals surface area contributed by atoms with Gasteiger partial charge in [-0.1, -0.05) is 0 Å². The van der Waals surface area contributed by atoms with Crippen LogP contribution in [0.25, 0.3) is 0 Å². The third kappa shape index (κ3) is 1.86. The van der Waals surface area contributed by atoms with Crippen LogP contribution in [0.2, 0.25) is 0 Å². The van der Waals surface area contributed by atoms with E-state index in [1.165, 1.54) is 0 Å². The molecule has 0 aliphatic heterocycles. The first-order chi connectivity index (χ1) is 3.18. The zero-order valence-corrected chi connectivity index (χ0v) is 3.60. The van der Waals surface area contributed by atoms with Crippen molar-refractivity contribution < 1.29 is 19.1 Å². The number of hydrogen-bond acceptors (Lipinski definition) is 3. The highest BCUT2D eigenvalue weighted by molar-refractivity contribution is 6.32. The Morgan fingerprint density at radius 3 is 2.00 bits per heavy atom. The lowest BCUT2D eigenvalue weighted by molar-refractivity contribution is -0.185. The molecule has 0 radical (unpaired) electrons. The Morgan fingerprint density at radius 1 is 1.57 bits per heavy atom. The van der Waals surface area contributed by atoms with Gasteiger partial charge >= 0.3 is 5.97 Å². The van der Waals surface area contributed by atoms with Crippen LogP contribution in [0.3, 0.4) is 0 Å². The SMILES string of the molecule is CC(=O)C(=O)OF. The Morgan fingerprint density at radius 2 is 2.00 bits per heavy atom. The van der Waals surface area contributed by atoms with Gasteiger partial charge in [0.05, 0.1) is 0 Å². The maximum absolute atomic E-state index is 10.6. The average Bonchev–Trinajstić information content (AvgIpc) is 1.65. The van der Waals surface area contributed by atoms with Crippen molar-refractivity contribution in [1.29, 1.82) is 0 Å². The zero-order chi connectivity index (χ0) is 5.86. The fraction of sp³-hybridized carbons (Fsp3) is 0.333. The molecule has 0 unspecified atom stereocenters. The van der Waals surface area contributed by atoms with E-state index in [0.717, 1.165) is 6.92 Å². The average molecular weight is 106 g/mol. The van der Waals surface area contributed by atoms with Gasteiger partial charge in [0.1, 0.15) is 0 Å². The molecular weight excluding hydrogens is 103 g/mol. The minimum atomic E-state index is -1.46. The van der Waals surface area contributed by atoms with Gasteiger partial charge in [-0.25, -0.2) is 9.74 Å². The summed E-state index contributed by atoms with van der Waals surface area (Å²) in [6, 6.07) is 0. The van der Waals surface area contributed by atoms with Gasteiger partial charge in [-0.05, 0) is 0 Å². The van der Waals surface area contributed by atoms with Gasteiger partial charge in [-0.3, -0.25) is 4.79 Å². The summed E-state index contributed by atoms with van der Waals surface area (Å²) in [5, 5.41) is 0. The second-order valence-electron chi connectivity index (χ2n) is 0.921. The molecule has 0 rings (SSSR count). The molecule has 0 atom stereocenters. The summed E-state index contributed by atoms with van der Waals surface area (Å²) in [5.74, 6) is -2.40. The molecule has 3 nitrogen and oxygen atoms in total. The maximum Gasteiger partial charge on any atom is 0.414 e. The van der Waals surface area contributed by atoms with Crippen molar-refractivity contribution in [3.05, 3.63) is 0 Å². The molecule has 0 saturated heterocycles. The Labute approximate surface area is 39.0 Å². The van der Waals surface area contributed by atoms with Crippen LogP contribution in [0.1, 0.15) is 6.92 Å². The predicted molar refractivity (Wildman–Crippen MR) is 17.9 cm³/mol. The molecule has 0 saturated carbocycles. The smallest absolute Gasteiger partial charge is 0.287 e. The van der Waals surface area contributed by atoms with E-state index in [1.54, 1.807) is 0 Å². The summed E-state index contributed by atoms with van der Waals surface area (Å²) < 4.78 is 10.6. The molecule has 0 aromatic rings. The first-order valence-corrected chi connectivity index (χ1v) is 1.52. The van der Waals surface area contributed by atoms with Crippen molar-refractivity contribution in [3.63, 3.8) is 0 Å². The molecule has 0 fully saturated rings. The van der Waals surface area contributed by atoms with E-state index in [-0.39, 0.29) is 0 Å². The maximum atomic E-state index is 10.6. The third-order valence-corrected chi connectivity index (χ3v) is 0.358. The summed E-state index contributed by atoms with van der Waals surface area (Å²) in [7, 11) is 0. The van der Waals surface area contributed by atoms with Crippen molar-refractivity contribution >= 4 is 11.8 Å². The lowest BCUT2D eigenvalue weighted by Gasteiger charge is -1.79. The molecule has 0 amide bonds. The van der Waals surface area contributed by atoms with Gasteiger partial charge < -0.3 is 0 Å². The van der Waals surface area contributed by atoms with E-state index in [4.69, 9.17) is 0 Å². The predicted octanol–water partition coefficient (Wildman–Crippen LogP) is 0.00310. The van der Waals surface area contributed by atoms with Gasteiger partial charge in [0.15, 0.2) is 0 Å². The first kappa shape index (κ1) is 6.07. The number of hydrogen-bond donors (Lipinski definition) is 0. The number of rotatable bonds is 1. The van der Waals surface area contributed by atoms with Crippen LogP contribution >= 0.6 is 0 Å². The van der Waals surface area contributed by atoms with Gasteiger partial charge in [0, 0.05) is 11.4 Å². The second kappa shape index (κ2) is 2.28. The molecule has 0 aromatic heterocycles. The standard InChI is InChI=1S/C3H3FO3/c1-2(5)3(6)7-4/h1H3. The fourth-order valence-corrected chi connectivity index (χ4v) is 0.0543. The van der Waals surface area contributed by atoms with Crippen molar-refractivity contribution in [2.45, 2.75) is 6.92 Å². The van der Waals surface area contributed by atoms with Gasteiger partial charge in [0.25, 0.3) is 0 Å². The molecular formula is C3H3FO3. The Bertz CT molecular complexity index is 98.4. The van der Waals surface area contributed by atoms with Crippen molar-refractivity contribution in [2.75, 3.05) is 0 Å². The lowest BCUT2D eigenvalue weighted by atomic mass is 10.5. The van der Waals surface area contributed by atoms with Crippen LogP contribution in [0.15, 0.2) is 0 Å². The lowest BCUT2D eigenvalue weighted by Crippen LogP contribution is -2.08. The highest BCUT2D eigenvalue weighted by atomic mass is 19.3. The van der Waals surface area contributed by atoms with Crippen LogP contribution < -0.4 is 0 Å². The first-order valence-electron chi connectivity index (χ1n) is 1.52. The third-order valence-electron chi connectivity index (χ3n) is 0.358. The van der Waals surface area contributed by atoms with Crippen molar-refractivity contribution in [2.24, 2.45) is 0 Å². The van der Waals surface area contributed by atoms with Gasteiger partial charge in [-0.2, -0.15) is 0 Å². The minimum absolute atomic E-state index is 0.919. The normalized spacial score (nSPS) is 7.71. The fourth-order valence-electron chi connectivity index (χ4n) is 0.0543. The van der Waals surface area contributed by atoms with Crippen LogP contribution in [-0.2, 0) is 14.5 Å². The highest BCUT2D eigenvalue weighted by Gasteiger charge is 2.07.